The van der Waals surface area contributed by atoms with Crippen LogP contribution in [-0.2, 0) is 31.8 Å². The van der Waals surface area contributed by atoms with Gasteiger partial charge >= 0.3 is 0 Å². The average Bonchev–Trinajstić information content (AvgIpc) is 3.48. The number of hydrogen-bond acceptors (Lipinski definition) is 5. The number of quaternary nitrogens is 1. The summed E-state index contributed by atoms with van der Waals surface area (Å²) in [5.41, 5.74) is 5.06. The first-order valence-corrected chi connectivity index (χ1v) is 14.0. The predicted molar refractivity (Wildman–Crippen MR) is 147 cm³/mol. The first-order chi connectivity index (χ1) is 17.6. The van der Waals surface area contributed by atoms with Gasteiger partial charge in [0, 0.05) is 24.3 Å². The van der Waals surface area contributed by atoms with Crippen molar-refractivity contribution in [2.75, 3.05) is 6.54 Å². The van der Waals surface area contributed by atoms with E-state index in [1.165, 1.54) is 32.0 Å². The highest BCUT2D eigenvalue weighted by molar-refractivity contribution is 7.98. The lowest BCUT2D eigenvalue weighted by atomic mass is 10.0. The topological polar surface area (TPSA) is 56.6 Å². The Bertz CT molecular complexity index is 1620. The molecule has 182 valence electrons. The average molecular weight is 515 g/mol. The highest BCUT2D eigenvalue weighted by Gasteiger charge is 2.29. The van der Waals surface area contributed by atoms with Crippen LogP contribution < -0.4 is 10.5 Å². The number of nitrogens with one attached hydrogen (secondary N) is 1. The molecule has 0 saturated heterocycles. The van der Waals surface area contributed by atoms with Crippen molar-refractivity contribution in [2.24, 2.45) is 0 Å². The van der Waals surface area contributed by atoms with Crippen molar-refractivity contribution in [1.82, 2.24) is 19.2 Å². The van der Waals surface area contributed by atoms with Gasteiger partial charge in [-0.05, 0) is 18.1 Å². The summed E-state index contributed by atoms with van der Waals surface area (Å²) in [5.74, 6) is 1.38. The van der Waals surface area contributed by atoms with E-state index >= 15 is 0 Å². The number of rotatable bonds is 7. The molecule has 0 fully saturated rings. The summed E-state index contributed by atoms with van der Waals surface area (Å²) in [6.07, 6.45) is 2.66. The minimum atomic E-state index is 0.0175. The van der Waals surface area contributed by atoms with E-state index in [2.05, 4.69) is 82.7 Å². The Morgan fingerprint density at radius 3 is 2.69 bits per heavy atom. The molecule has 1 N–H and O–H groups in total. The molecule has 8 heteroatoms. The molecule has 0 spiro atoms. The molecule has 0 saturated carbocycles. The Balaban J connectivity index is 1.42. The van der Waals surface area contributed by atoms with Crippen LogP contribution in [0, 0.1) is 6.92 Å². The molecule has 5 aromatic rings. The Hall–Kier alpha value is -3.20. The number of nitrogens with zero attached hydrogens (tertiary/aromatic N) is 4. The largest absolute Gasteiger partial charge is 0.326 e. The lowest BCUT2D eigenvalue weighted by Gasteiger charge is -2.23. The molecule has 1 unspecified atom stereocenters. The molecule has 6 nitrogen and oxygen atoms in total. The van der Waals surface area contributed by atoms with E-state index in [1.807, 2.05) is 0 Å². The van der Waals surface area contributed by atoms with Crippen LogP contribution in [0.3, 0.4) is 0 Å². The molecule has 2 aromatic carbocycles. The molecule has 1 aliphatic rings. The number of hydrogen-bond donors (Lipinski definition) is 1. The summed E-state index contributed by atoms with van der Waals surface area (Å²) < 4.78 is 3.81. The standard InChI is InChI=1S/C28H27N5OS2/c1-3-14-32-25(34)24-22-13-15-31(16-20-7-5-4-6-8-20)17-23(22)36-26(24)33-27(32)29-30-28(33)35-18-21-11-9-19(2)10-12-21/h3-12H,1,13-18H2,2H3/p+1. The van der Waals surface area contributed by atoms with Crippen molar-refractivity contribution in [3.05, 3.63) is 105 Å². The van der Waals surface area contributed by atoms with Crippen LogP contribution in [0.25, 0.3) is 16.0 Å². The number of thiophene rings is 1. The lowest BCUT2D eigenvalue weighted by molar-refractivity contribution is -0.929. The lowest BCUT2D eigenvalue weighted by Crippen LogP contribution is -3.10. The van der Waals surface area contributed by atoms with Crippen molar-refractivity contribution in [1.29, 1.82) is 0 Å². The van der Waals surface area contributed by atoms with Crippen LogP contribution in [0.5, 0.6) is 0 Å². The number of thioether (sulfide) groups is 1. The van der Waals surface area contributed by atoms with E-state index in [0.29, 0.717) is 12.3 Å². The Morgan fingerprint density at radius 1 is 1.11 bits per heavy atom. The zero-order chi connectivity index (χ0) is 24.6. The second kappa shape index (κ2) is 9.69. The predicted octanol–water partition coefficient (Wildman–Crippen LogP) is 4.03. The van der Waals surface area contributed by atoms with Gasteiger partial charge in [-0.3, -0.25) is 9.36 Å². The summed E-state index contributed by atoms with van der Waals surface area (Å²) in [6.45, 7) is 9.33. The van der Waals surface area contributed by atoms with Gasteiger partial charge in [-0.2, -0.15) is 0 Å². The van der Waals surface area contributed by atoms with Gasteiger partial charge in [0.15, 0.2) is 5.16 Å². The summed E-state index contributed by atoms with van der Waals surface area (Å²) in [5, 5.41) is 10.6. The smallest absolute Gasteiger partial charge is 0.264 e. The molecule has 0 amide bonds. The third-order valence-corrected chi connectivity index (χ3v) is 9.05. The minimum absolute atomic E-state index is 0.0175. The second-order valence-electron chi connectivity index (χ2n) is 9.37. The Labute approximate surface area is 217 Å². The van der Waals surface area contributed by atoms with Crippen molar-refractivity contribution in [3.63, 3.8) is 0 Å². The molecule has 6 rings (SSSR count). The van der Waals surface area contributed by atoms with Crippen LogP contribution in [-0.4, -0.2) is 25.7 Å². The zero-order valence-corrected chi connectivity index (χ0v) is 21.9. The molecule has 3 aromatic heterocycles. The van der Waals surface area contributed by atoms with Gasteiger partial charge in [0.1, 0.15) is 17.9 Å². The molecule has 1 atom stereocenters. The first kappa shape index (κ1) is 23.2. The van der Waals surface area contributed by atoms with Gasteiger partial charge in [0.25, 0.3) is 5.56 Å². The number of allylic oxidation sites excluding steroid dienone is 1. The SMILES string of the molecule is C=CCn1c(=O)c2c3c(sc2n2c(SCc4ccc(C)cc4)nnc12)C[NH+](Cc1ccccc1)CC3. The Morgan fingerprint density at radius 2 is 1.92 bits per heavy atom. The van der Waals surface area contributed by atoms with Crippen LogP contribution in [0.2, 0.25) is 0 Å². The quantitative estimate of drug-likeness (QED) is 0.263. The van der Waals surface area contributed by atoms with E-state index in [-0.39, 0.29) is 5.56 Å². The number of benzene rings is 2. The maximum atomic E-state index is 13.7. The zero-order valence-electron chi connectivity index (χ0n) is 20.2. The van der Waals surface area contributed by atoms with E-state index in [1.54, 1.807) is 33.7 Å². The van der Waals surface area contributed by atoms with Crippen molar-refractivity contribution in [2.45, 2.75) is 43.9 Å². The fourth-order valence-electron chi connectivity index (χ4n) is 5.00. The van der Waals surface area contributed by atoms with Crippen molar-refractivity contribution >= 4 is 39.1 Å². The van der Waals surface area contributed by atoms with Crippen LogP contribution in [0.15, 0.2) is 77.2 Å². The number of aryl methyl sites for hydroxylation is 1. The number of fused-ring (bicyclic) bond motifs is 5. The van der Waals surface area contributed by atoms with Crippen LogP contribution in [0.4, 0.5) is 0 Å². The molecule has 0 bridgehead atoms. The van der Waals surface area contributed by atoms with Crippen molar-refractivity contribution < 1.29 is 4.90 Å². The molecular formula is C28H28N5OS2+. The van der Waals surface area contributed by atoms with Crippen LogP contribution in [0.1, 0.15) is 27.1 Å². The second-order valence-corrected chi connectivity index (χ2v) is 11.4. The highest BCUT2D eigenvalue weighted by atomic mass is 32.2. The van der Waals surface area contributed by atoms with E-state index in [9.17, 15) is 4.79 Å². The maximum Gasteiger partial charge on any atom is 0.264 e. The third kappa shape index (κ3) is 4.19. The van der Waals surface area contributed by atoms with Gasteiger partial charge in [0.05, 0.1) is 16.8 Å². The van der Waals surface area contributed by atoms with E-state index in [4.69, 9.17) is 0 Å². The van der Waals surface area contributed by atoms with Gasteiger partial charge < -0.3 is 4.90 Å². The molecule has 36 heavy (non-hydrogen) atoms. The first-order valence-electron chi connectivity index (χ1n) is 12.2. The summed E-state index contributed by atoms with van der Waals surface area (Å²) >= 11 is 3.40. The van der Waals surface area contributed by atoms with E-state index in [0.717, 1.165) is 47.2 Å². The fraction of sp³-hybridized carbons (Fsp3) is 0.250. The number of aromatic nitrogens is 4. The van der Waals surface area contributed by atoms with Gasteiger partial charge in [0.2, 0.25) is 5.78 Å². The summed E-state index contributed by atoms with van der Waals surface area (Å²) in [4.78, 5) is 17.5. The van der Waals surface area contributed by atoms with Gasteiger partial charge in [-0.15, -0.1) is 28.1 Å². The summed E-state index contributed by atoms with van der Waals surface area (Å²) in [6, 6.07) is 19.2. The van der Waals surface area contributed by atoms with Gasteiger partial charge in [-0.25, -0.2) is 4.40 Å². The Kier molecular flexibility index (Phi) is 6.25. The molecule has 1 aliphatic heterocycles. The molecule has 0 aliphatic carbocycles. The normalized spacial score (nSPS) is 15.4. The fourth-order valence-corrected chi connectivity index (χ4v) is 7.35. The molecular weight excluding hydrogens is 486 g/mol. The maximum absolute atomic E-state index is 13.7. The molecule has 4 heterocycles. The highest BCUT2D eigenvalue weighted by Crippen LogP contribution is 2.33. The monoisotopic (exact) mass is 514 g/mol. The van der Waals surface area contributed by atoms with E-state index < -0.39 is 0 Å². The van der Waals surface area contributed by atoms with Crippen molar-refractivity contribution in [3.8, 4) is 0 Å². The molecule has 0 radical (unpaired) electrons. The summed E-state index contributed by atoms with van der Waals surface area (Å²) in [7, 11) is 0. The van der Waals surface area contributed by atoms with Gasteiger partial charge in [-0.1, -0.05) is 78.0 Å². The minimum Gasteiger partial charge on any atom is -0.326 e. The van der Waals surface area contributed by atoms with Crippen LogP contribution >= 0.6 is 23.1 Å². The third-order valence-electron chi connectivity index (χ3n) is 6.83.